The molecular formula is C13H14FN3O2. The van der Waals surface area contributed by atoms with Gasteiger partial charge in [0.1, 0.15) is 17.2 Å². The molecule has 0 aliphatic carbocycles. The van der Waals surface area contributed by atoms with Crippen LogP contribution in [0.5, 0.6) is 5.88 Å². The van der Waals surface area contributed by atoms with Crippen molar-refractivity contribution < 1.29 is 9.50 Å². The quantitative estimate of drug-likeness (QED) is 0.785. The summed E-state index contributed by atoms with van der Waals surface area (Å²) in [4.78, 5) is 18.3. The van der Waals surface area contributed by atoms with E-state index in [2.05, 4.69) is 9.97 Å². The van der Waals surface area contributed by atoms with Gasteiger partial charge in [-0.15, -0.1) is 0 Å². The Morgan fingerprint density at radius 3 is 2.74 bits per heavy atom. The third-order valence-electron chi connectivity index (χ3n) is 2.85. The lowest BCUT2D eigenvalue weighted by Gasteiger charge is -2.10. The number of nitrogens with zero attached hydrogens (tertiary/aromatic N) is 1. The third kappa shape index (κ3) is 2.48. The molecule has 0 amide bonds. The SMILES string of the molecule is CCC(N)c1nc(O)c(-c2ccccc2F)c(=O)[nH]1. The van der Waals surface area contributed by atoms with E-state index < -0.39 is 23.3 Å². The molecule has 0 spiro atoms. The van der Waals surface area contributed by atoms with Crippen LogP contribution in [0.3, 0.4) is 0 Å². The smallest absolute Gasteiger partial charge is 0.262 e. The fourth-order valence-electron chi connectivity index (χ4n) is 1.75. The highest BCUT2D eigenvalue weighted by atomic mass is 19.1. The maximum absolute atomic E-state index is 13.6. The highest BCUT2D eigenvalue weighted by Crippen LogP contribution is 2.26. The van der Waals surface area contributed by atoms with E-state index in [1.165, 1.54) is 18.2 Å². The molecule has 4 N–H and O–H groups in total. The number of rotatable bonds is 3. The molecule has 0 aliphatic heterocycles. The molecule has 0 saturated carbocycles. The second-order valence-electron chi connectivity index (χ2n) is 4.14. The Kier molecular flexibility index (Phi) is 3.62. The van der Waals surface area contributed by atoms with Crippen molar-refractivity contribution in [1.29, 1.82) is 0 Å². The molecule has 1 unspecified atom stereocenters. The van der Waals surface area contributed by atoms with Gasteiger partial charge in [0, 0.05) is 5.56 Å². The Morgan fingerprint density at radius 1 is 1.47 bits per heavy atom. The summed E-state index contributed by atoms with van der Waals surface area (Å²) in [6.07, 6.45) is 0.557. The van der Waals surface area contributed by atoms with Gasteiger partial charge in [0.15, 0.2) is 0 Å². The van der Waals surface area contributed by atoms with Gasteiger partial charge in [-0.1, -0.05) is 25.1 Å². The zero-order chi connectivity index (χ0) is 14.0. The lowest BCUT2D eigenvalue weighted by molar-refractivity contribution is 0.445. The minimum atomic E-state index is -0.614. The number of halogens is 1. The first-order chi connectivity index (χ1) is 9.04. The molecule has 6 heteroatoms. The zero-order valence-corrected chi connectivity index (χ0v) is 10.4. The highest BCUT2D eigenvalue weighted by Gasteiger charge is 2.17. The Morgan fingerprint density at radius 2 is 2.16 bits per heavy atom. The van der Waals surface area contributed by atoms with Gasteiger partial charge in [-0.25, -0.2) is 4.39 Å². The summed E-state index contributed by atoms with van der Waals surface area (Å²) in [5, 5.41) is 9.84. The van der Waals surface area contributed by atoms with Gasteiger partial charge in [0.2, 0.25) is 5.88 Å². The summed E-state index contributed by atoms with van der Waals surface area (Å²) in [5.41, 5.74) is 4.93. The Bertz CT molecular complexity index is 655. The predicted molar refractivity (Wildman–Crippen MR) is 69.1 cm³/mol. The average molecular weight is 263 g/mol. The predicted octanol–water partition coefficient (Wildman–Crippen LogP) is 1.69. The van der Waals surface area contributed by atoms with E-state index in [0.717, 1.165) is 0 Å². The molecule has 1 heterocycles. The van der Waals surface area contributed by atoms with Crippen LogP contribution in [0.1, 0.15) is 25.2 Å². The van der Waals surface area contributed by atoms with Crippen LogP contribution in [0.2, 0.25) is 0 Å². The van der Waals surface area contributed by atoms with Crippen molar-refractivity contribution in [1.82, 2.24) is 9.97 Å². The Balaban J connectivity index is 2.61. The van der Waals surface area contributed by atoms with Crippen LogP contribution in [-0.2, 0) is 0 Å². The van der Waals surface area contributed by atoms with E-state index >= 15 is 0 Å². The van der Waals surface area contributed by atoms with Crippen LogP contribution < -0.4 is 11.3 Å². The molecule has 5 nitrogen and oxygen atoms in total. The van der Waals surface area contributed by atoms with Gasteiger partial charge >= 0.3 is 0 Å². The van der Waals surface area contributed by atoms with Gasteiger partial charge in [0.25, 0.3) is 5.56 Å². The third-order valence-corrected chi connectivity index (χ3v) is 2.85. The van der Waals surface area contributed by atoms with Crippen molar-refractivity contribution in [3.05, 3.63) is 46.3 Å². The van der Waals surface area contributed by atoms with E-state index in [1.54, 1.807) is 6.07 Å². The maximum atomic E-state index is 13.6. The summed E-state index contributed by atoms with van der Waals surface area (Å²) in [6.45, 7) is 1.83. The fourth-order valence-corrected chi connectivity index (χ4v) is 1.75. The van der Waals surface area contributed by atoms with Gasteiger partial charge < -0.3 is 15.8 Å². The monoisotopic (exact) mass is 263 g/mol. The molecule has 2 rings (SSSR count). The number of benzene rings is 1. The summed E-state index contributed by atoms with van der Waals surface area (Å²) in [5.74, 6) is -0.935. The molecular weight excluding hydrogens is 249 g/mol. The van der Waals surface area contributed by atoms with Crippen molar-refractivity contribution in [2.75, 3.05) is 0 Å². The molecule has 0 aliphatic rings. The van der Waals surface area contributed by atoms with Crippen LogP contribution in [0.4, 0.5) is 4.39 Å². The number of aromatic amines is 1. The van der Waals surface area contributed by atoms with Gasteiger partial charge in [-0.2, -0.15) is 4.98 Å². The second-order valence-corrected chi connectivity index (χ2v) is 4.14. The summed E-state index contributed by atoms with van der Waals surface area (Å²) >= 11 is 0. The minimum absolute atomic E-state index is 0.00497. The largest absolute Gasteiger partial charge is 0.493 e. The average Bonchev–Trinajstić information content (AvgIpc) is 2.39. The maximum Gasteiger partial charge on any atom is 0.262 e. The summed E-state index contributed by atoms with van der Waals surface area (Å²) < 4.78 is 13.6. The lowest BCUT2D eigenvalue weighted by Crippen LogP contribution is -2.20. The molecule has 0 fully saturated rings. The standard InChI is InChI=1S/C13H14FN3O2/c1-2-9(15)11-16-12(18)10(13(19)17-11)7-5-3-4-6-8(7)14/h3-6,9H,2,15H2,1H3,(H2,16,17,18,19). The van der Waals surface area contributed by atoms with E-state index in [9.17, 15) is 14.3 Å². The molecule has 1 aromatic heterocycles. The van der Waals surface area contributed by atoms with Crippen LogP contribution in [0.25, 0.3) is 11.1 Å². The summed E-state index contributed by atoms with van der Waals surface area (Å²) in [7, 11) is 0. The number of hydrogen-bond acceptors (Lipinski definition) is 4. The first kappa shape index (κ1) is 13.2. The molecule has 100 valence electrons. The highest BCUT2D eigenvalue weighted by molar-refractivity contribution is 5.67. The molecule has 0 radical (unpaired) electrons. The molecule has 19 heavy (non-hydrogen) atoms. The first-order valence-corrected chi connectivity index (χ1v) is 5.88. The van der Waals surface area contributed by atoms with Crippen LogP contribution >= 0.6 is 0 Å². The fraction of sp³-hybridized carbons (Fsp3) is 0.231. The normalized spacial score (nSPS) is 12.4. The van der Waals surface area contributed by atoms with Crippen molar-refractivity contribution in [3.8, 4) is 17.0 Å². The summed E-state index contributed by atoms with van der Waals surface area (Å²) in [6, 6.07) is 5.20. The van der Waals surface area contributed by atoms with Crippen LogP contribution in [-0.4, -0.2) is 15.1 Å². The lowest BCUT2D eigenvalue weighted by atomic mass is 10.1. The molecule has 1 atom stereocenters. The van der Waals surface area contributed by atoms with Crippen LogP contribution in [0.15, 0.2) is 29.1 Å². The van der Waals surface area contributed by atoms with E-state index in [0.29, 0.717) is 6.42 Å². The Hall–Kier alpha value is -2.21. The van der Waals surface area contributed by atoms with E-state index in [-0.39, 0.29) is 17.0 Å². The molecule has 1 aromatic carbocycles. The first-order valence-electron chi connectivity index (χ1n) is 5.88. The number of nitrogens with two attached hydrogens (primary N) is 1. The molecule has 0 bridgehead atoms. The van der Waals surface area contributed by atoms with E-state index in [1.807, 2.05) is 6.92 Å². The zero-order valence-electron chi connectivity index (χ0n) is 10.4. The number of nitrogens with one attached hydrogen (secondary N) is 1. The van der Waals surface area contributed by atoms with Crippen molar-refractivity contribution in [2.24, 2.45) is 5.73 Å². The second kappa shape index (κ2) is 5.19. The molecule has 2 aromatic rings. The number of aromatic nitrogens is 2. The van der Waals surface area contributed by atoms with Crippen LogP contribution in [0, 0.1) is 5.82 Å². The van der Waals surface area contributed by atoms with Crippen molar-refractivity contribution >= 4 is 0 Å². The number of aromatic hydroxyl groups is 1. The van der Waals surface area contributed by atoms with Gasteiger partial charge in [-0.05, 0) is 12.5 Å². The van der Waals surface area contributed by atoms with Crippen molar-refractivity contribution in [3.63, 3.8) is 0 Å². The van der Waals surface area contributed by atoms with Gasteiger partial charge in [-0.3, -0.25) is 4.79 Å². The molecule has 0 saturated heterocycles. The van der Waals surface area contributed by atoms with Crippen molar-refractivity contribution in [2.45, 2.75) is 19.4 Å². The number of hydrogen-bond donors (Lipinski definition) is 3. The van der Waals surface area contributed by atoms with Gasteiger partial charge in [0.05, 0.1) is 6.04 Å². The minimum Gasteiger partial charge on any atom is -0.493 e. The van der Waals surface area contributed by atoms with E-state index in [4.69, 9.17) is 5.73 Å². The number of H-pyrrole nitrogens is 1. The topological polar surface area (TPSA) is 92.0 Å². The Labute approximate surface area is 108 Å².